The van der Waals surface area contributed by atoms with Gasteiger partial charge in [-0.15, -0.1) is 0 Å². The number of nitrogens with zero attached hydrogens (tertiary/aromatic N) is 3. The number of carbonyl (C=O) groups is 1. The molecule has 2 aromatic rings. The van der Waals surface area contributed by atoms with Crippen molar-refractivity contribution in [3.05, 3.63) is 12.1 Å². The molecule has 6 nitrogen and oxygen atoms in total. The van der Waals surface area contributed by atoms with Crippen molar-refractivity contribution in [1.82, 2.24) is 9.88 Å². The fourth-order valence-corrected chi connectivity index (χ4v) is 5.26. The van der Waals surface area contributed by atoms with E-state index in [1.54, 1.807) is 25.6 Å². The number of anilines is 1. The fraction of sp³-hybridized carbons (Fsp3) is 0.600. The molecule has 2 aliphatic rings. The van der Waals surface area contributed by atoms with E-state index in [0.29, 0.717) is 5.91 Å². The highest BCUT2D eigenvalue weighted by molar-refractivity contribution is 7.22. The highest BCUT2D eigenvalue weighted by Gasteiger charge is 2.29. The number of piperazine rings is 1. The molecular weight excluding hydrogens is 362 g/mol. The van der Waals surface area contributed by atoms with Gasteiger partial charge in [-0.2, -0.15) is 0 Å². The summed E-state index contributed by atoms with van der Waals surface area (Å²) in [5.41, 5.74) is 0.845. The van der Waals surface area contributed by atoms with Crippen molar-refractivity contribution in [2.45, 2.75) is 32.1 Å². The number of carbonyl (C=O) groups excluding carboxylic acids is 1. The smallest absolute Gasteiger partial charge is 0.225 e. The lowest BCUT2D eigenvalue weighted by Crippen LogP contribution is -2.50. The van der Waals surface area contributed by atoms with E-state index in [1.165, 1.54) is 19.3 Å². The lowest BCUT2D eigenvalue weighted by atomic mass is 9.88. The van der Waals surface area contributed by atoms with Crippen molar-refractivity contribution in [2.24, 2.45) is 5.92 Å². The van der Waals surface area contributed by atoms with E-state index in [2.05, 4.69) is 9.80 Å². The predicted molar refractivity (Wildman–Crippen MR) is 108 cm³/mol. The van der Waals surface area contributed by atoms with Crippen LogP contribution in [0.5, 0.6) is 11.5 Å². The zero-order chi connectivity index (χ0) is 18.8. The van der Waals surface area contributed by atoms with Crippen LogP contribution in [0.15, 0.2) is 12.1 Å². The average molecular weight is 390 g/mol. The van der Waals surface area contributed by atoms with Gasteiger partial charge in [0.2, 0.25) is 5.91 Å². The zero-order valence-corrected chi connectivity index (χ0v) is 16.9. The Morgan fingerprint density at radius 2 is 1.70 bits per heavy atom. The van der Waals surface area contributed by atoms with E-state index in [4.69, 9.17) is 14.5 Å². The lowest BCUT2D eigenvalue weighted by Gasteiger charge is -2.37. The van der Waals surface area contributed by atoms with Gasteiger partial charge in [0.05, 0.1) is 14.2 Å². The van der Waals surface area contributed by atoms with Gasteiger partial charge >= 0.3 is 0 Å². The van der Waals surface area contributed by atoms with Crippen LogP contribution >= 0.6 is 11.3 Å². The minimum Gasteiger partial charge on any atom is -0.495 e. The molecule has 0 N–H and O–H groups in total. The Morgan fingerprint density at radius 1 is 1.04 bits per heavy atom. The highest BCUT2D eigenvalue weighted by Crippen LogP contribution is 2.40. The summed E-state index contributed by atoms with van der Waals surface area (Å²) in [4.78, 5) is 21.9. The predicted octanol–water partition coefficient (Wildman–Crippen LogP) is 3.54. The first-order valence-corrected chi connectivity index (χ1v) is 10.6. The Hall–Kier alpha value is -2.02. The maximum atomic E-state index is 12.8. The molecule has 7 heteroatoms. The summed E-state index contributed by atoms with van der Waals surface area (Å²) in [7, 11) is 3.34. The number of methoxy groups -OCH3 is 2. The summed E-state index contributed by atoms with van der Waals surface area (Å²) < 4.78 is 12.0. The van der Waals surface area contributed by atoms with Gasteiger partial charge < -0.3 is 19.3 Å². The van der Waals surface area contributed by atoms with Crippen molar-refractivity contribution in [1.29, 1.82) is 0 Å². The van der Waals surface area contributed by atoms with Crippen LogP contribution < -0.4 is 14.4 Å². The van der Waals surface area contributed by atoms with E-state index in [9.17, 15) is 4.79 Å². The van der Waals surface area contributed by atoms with Crippen LogP contribution in [-0.4, -0.2) is 56.2 Å². The van der Waals surface area contributed by atoms with E-state index < -0.39 is 0 Å². The zero-order valence-electron chi connectivity index (χ0n) is 16.1. The number of rotatable bonds is 4. The highest BCUT2D eigenvalue weighted by atomic mass is 32.1. The van der Waals surface area contributed by atoms with Crippen molar-refractivity contribution in [3.63, 3.8) is 0 Å². The molecule has 0 radical (unpaired) electrons. The molecule has 1 aromatic heterocycles. The number of amides is 1. The quantitative estimate of drug-likeness (QED) is 0.801. The van der Waals surface area contributed by atoms with E-state index >= 15 is 0 Å². The van der Waals surface area contributed by atoms with E-state index in [-0.39, 0.29) is 5.92 Å². The Balaban J connectivity index is 1.47. The normalized spacial score (nSPS) is 18.7. The van der Waals surface area contributed by atoms with Crippen molar-refractivity contribution in [2.75, 3.05) is 45.3 Å². The summed E-state index contributed by atoms with van der Waals surface area (Å²) in [5, 5.41) is 0.970. The molecule has 1 aliphatic carbocycles. The molecule has 1 aromatic carbocycles. The van der Waals surface area contributed by atoms with Crippen molar-refractivity contribution >= 4 is 32.6 Å². The molecule has 1 saturated heterocycles. The second-order valence-corrected chi connectivity index (χ2v) is 8.27. The Kier molecular flexibility index (Phi) is 5.38. The van der Waals surface area contributed by atoms with Crippen LogP contribution in [0.1, 0.15) is 32.1 Å². The molecule has 0 unspecified atom stereocenters. The molecule has 1 aliphatic heterocycles. The third-order valence-corrected chi connectivity index (χ3v) is 6.85. The number of aromatic nitrogens is 1. The number of ether oxygens (including phenoxy) is 2. The summed E-state index contributed by atoms with van der Waals surface area (Å²) in [5.74, 6) is 2.20. The largest absolute Gasteiger partial charge is 0.495 e. The van der Waals surface area contributed by atoms with Gasteiger partial charge in [-0.05, 0) is 25.0 Å². The van der Waals surface area contributed by atoms with Gasteiger partial charge in [-0.3, -0.25) is 4.79 Å². The molecule has 1 saturated carbocycles. The molecule has 4 rings (SSSR count). The molecular formula is C20H27N3O3S. The summed E-state index contributed by atoms with van der Waals surface area (Å²) in [6.45, 7) is 3.20. The minimum atomic E-state index is 0.251. The first-order chi connectivity index (χ1) is 13.2. The standard InChI is InChI=1S/C20H27N3O3S/c1-25-15-8-9-16(26-2)18-17(15)21-20(27-18)23-12-10-22(11-13-23)19(24)14-6-4-3-5-7-14/h8-9,14H,3-7,10-13H2,1-2H3. The number of hydrogen-bond donors (Lipinski definition) is 0. The maximum absolute atomic E-state index is 12.8. The SMILES string of the molecule is COc1ccc(OC)c2sc(N3CCN(C(=O)C4CCCCC4)CC3)nc12. The van der Waals surface area contributed by atoms with Crippen molar-refractivity contribution in [3.8, 4) is 11.5 Å². The number of fused-ring (bicyclic) bond motifs is 1. The van der Waals surface area contributed by atoms with Crippen LogP contribution in [-0.2, 0) is 4.79 Å². The van der Waals surface area contributed by atoms with E-state index in [0.717, 1.165) is 65.9 Å². The van der Waals surface area contributed by atoms with Gasteiger partial charge in [0.25, 0.3) is 0 Å². The molecule has 146 valence electrons. The second kappa shape index (κ2) is 7.92. The van der Waals surface area contributed by atoms with Crippen LogP contribution in [0.25, 0.3) is 10.2 Å². The number of thiazole rings is 1. The Labute approximate surface area is 164 Å². The number of benzene rings is 1. The van der Waals surface area contributed by atoms with E-state index in [1.807, 2.05) is 12.1 Å². The maximum Gasteiger partial charge on any atom is 0.225 e. The van der Waals surface area contributed by atoms with Crippen LogP contribution in [0, 0.1) is 5.92 Å². The van der Waals surface area contributed by atoms with Gasteiger partial charge in [-0.1, -0.05) is 30.6 Å². The summed E-state index contributed by atoms with van der Waals surface area (Å²) >= 11 is 1.63. The van der Waals surface area contributed by atoms with Crippen LogP contribution in [0.3, 0.4) is 0 Å². The summed E-state index contributed by atoms with van der Waals surface area (Å²) in [6, 6.07) is 3.81. The van der Waals surface area contributed by atoms with Gasteiger partial charge in [-0.25, -0.2) is 4.98 Å². The van der Waals surface area contributed by atoms with Gasteiger partial charge in [0.1, 0.15) is 21.7 Å². The molecule has 2 fully saturated rings. The molecule has 2 heterocycles. The third kappa shape index (κ3) is 3.57. The van der Waals surface area contributed by atoms with Crippen molar-refractivity contribution < 1.29 is 14.3 Å². The Bertz CT molecular complexity index is 767. The lowest BCUT2D eigenvalue weighted by molar-refractivity contribution is -0.136. The monoisotopic (exact) mass is 389 g/mol. The Morgan fingerprint density at radius 3 is 2.37 bits per heavy atom. The van der Waals surface area contributed by atoms with Crippen LogP contribution in [0.2, 0.25) is 0 Å². The molecule has 1 amide bonds. The molecule has 0 bridgehead atoms. The van der Waals surface area contributed by atoms with Gasteiger partial charge in [0.15, 0.2) is 5.13 Å². The first-order valence-electron chi connectivity index (χ1n) is 9.76. The minimum absolute atomic E-state index is 0.251. The fourth-order valence-electron chi connectivity index (χ4n) is 4.14. The number of hydrogen-bond acceptors (Lipinski definition) is 6. The molecule has 0 spiro atoms. The molecule has 0 atom stereocenters. The first kappa shape index (κ1) is 18.3. The third-order valence-electron chi connectivity index (χ3n) is 5.72. The summed E-state index contributed by atoms with van der Waals surface area (Å²) in [6.07, 6.45) is 5.81. The topological polar surface area (TPSA) is 54.9 Å². The van der Waals surface area contributed by atoms with Crippen LogP contribution in [0.4, 0.5) is 5.13 Å². The van der Waals surface area contributed by atoms with Gasteiger partial charge in [0, 0.05) is 32.1 Å². The molecule has 27 heavy (non-hydrogen) atoms. The average Bonchev–Trinajstić information content (AvgIpc) is 3.19. The second-order valence-electron chi connectivity index (χ2n) is 7.29.